The molecule has 92 valence electrons. The highest BCUT2D eigenvalue weighted by Crippen LogP contribution is 2.27. The minimum absolute atomic E-state index is 0.0250. The molecule has 0 amide bonds. The molecule has 0 spiro atoms. The quantitative estimate of drug-likeness (QED) is 0.802. The molecule has 17 heavy (non-hydrogen) atoms. The van der Waals surface area contributed by atoms with Crippen molar-refractivity contribution in [3.63, 3.8) is 0 Å². The van der Waals surface area contributed by atoms with Gasteiger partial charge in [-0.25, -0.2) is 4.39 Å². The van der Waals surface area contributed by atoms with Crippen molar-refractivity contribution in [2.45, 2.75) is 32.2 Å². The largest absolute Gasteiger partial charge is 0.298 e. The Morgan fingerprint density at radius 1 is 1.24 bits per heavy atom. The molecule has 0 saturated carbocycles. The van der Waals surface area contributed by atoms with Crippen LogP contribution < -0.4 is 0 Å². The number of nitrogens with zero attached hydrogens (tertiary/aromatic N) is 1. The molecule has 0 unspecified atom stereocenters. The Kier molecular flexibility index (Phi) is 3.89. The number of rotatable bonds is 3. The standard InChI is InChI=1S/C14H18FNO/c1-11(17)14(16-9-5-2-6-10-16)12-7-3-4-8-13(12)15/h3-4,7-8,14H,2,5-6,9-10H2,1H3/t14-/m0/s1. The van der Waals surface area contributed by atoms with Crippen LogP contribution in [0.3, 0.4) is 0 Å². The Bertz CT molecular complexity index is 399. The van der Waals surface area contributed by atoms with E-state index in [1.165, 1.54) is 12.5 Å². The minimum Gasteiger partial charge on any atom is -0.298 e. The molecule has 1 fully saturated rings. The van der Waals surface area contributed by atoms with E-state index < -0.39 is 6.04 Å². The Labute approximate surface area is 101 Å². The highest BCUT2D eigenvalue weighted by Gasteiger charge is 2.27. The summed E-state index contributed by atoms with van der Waals surface area (Å²) in [7, 11) is 0. The Hall–Kier alpha value is -1.22. The fraction of sp³-hybridized carbons (Fsp3) is 0.500. The Morgan fingerprint density at radius 3 is 2.47 bits per heavy atom. The van der Waals surface area contributed by atoms with Crippen LogP contribution in [-0.2, 0) is 4.79 Å². The van der Waals surface area contributed by atoms with Gasteiger partial charge in [-0.15, -0.1) is 0 Å². The summed E-state index contributed by atoms with van der Waals surface area (Å²) in [5.74, 6) is -0.254. The van der Waals surface area contributed by atoms with Gasteiger partial charge >= 0.3 is 0 Å². The summed E-state index contributed by atoms with van der Waals surface area (Å²) in [6.07, 6.45) is 3.40. The molecule has 1 atom stereocenters. The lowest BCUT2D eigenvalue weighted by atomic mass is 9.98. The summed E-state index contributed by atoms with van der Waals surface area (Å²) in [4.78, 5) is 13.9. The van der Waals surface area contributed by atoms with E-state index in [0.29, 0.717) is 5.56 Å². The number of halogens is 1. The summed E-state index contributed by atoms with van der Waals surface area (Å²) >= 11 is 0. The summed E-state index contributed by atoms with van der Waals surface area (Å²) < 4.78 is 13.8. The summed E-state index contributed by atoms with van der Waals surface area (Å²) in [5.41, 5.74) is 0.516. The van der Waals surface area contributed by atoms with Gasteiger partial charge in [0.25, 0.3) is 0 Å². The number of Topliss-reactive ketones (excluding diaryl/α,β-unsaturated/α-hetero) is 1. The van der Waals surface area contributed by atoms with E-state index in [0.717, 1.165) is 25.9 Å². The van der Waals surface area contributed by atoms with Crippen LogP contribution in [0.5, 0.6) is 0 Å². The number of likely N-dealkylation sites (tertiary alicyclic amines) is 1. The van der Waals surface area contributed by atoms with Crippen molar-refractivity contribution in [1.82, 2.24) is 4.90 Å². The lowest BCUT2D eigenvalue weighted by Crippen LogP contribution is -2.37. The van der Waals surface area contributed by atoms with E-state index >= 15 is 0 Å². The molecule has 1 aliphatic rings. The average Bonchev–Trinajstić information content (AvgIpc) is 2.33. The first-order valence-corrected chi connectivity index (χ1v) is 6.19. The van der Waals surface area contributed by atoms with Crippen molar-refractivity contribution in [2.75, 3.05) is 13.1 Å². The van der Waals surface area contributed by atoms with Gasteiger partial charge in [0.15, 0.2) is 5.78 Å². The number of hydrogen-bond donors (Lipinski definition) is 0. The van der Waals surface area contributed by atoms with Crippen LogP contribution in [0.1, 0.15) is 37.8 Å². The topological polar surface area (TPSA) is 20.3 Å². The predicted molar refractivity (Wildman–Crippen MR) is 65.2 cm³/mol. The normalized spacial score (nSPS) is 18.9. The van der Waals surface area contributed by atoms with Crippen molar-refractivity contribution in [2.24, 2.45) is 0 Å². The van der Waals surface area contributed by atoms with Gasteiger partial charge in [-0.3, -0.25) is 9.69 Å². The summed E-state index contributed by atoms with van der Waals surface area (Å²) in [5, 5.41) is 0. The van der Waals surface area contributed by atoms with Crippen molar-refractivity contribution >= 4 is 5.78 Å². The average molecular weight is 235 g/mol. The number of carbonyl (C=O) groups excluding carboxylic acids is 1. The van der Waals surface area contributed by atoms with Crippen molar-refractivity contribution in [3.8, 4) is 0 Å². The molecule has 1 aliphatic heterocycles. The molecule has 1 heterocycles. The van der Waals surface area contributed by atoms with Crippen LogP contribution in [0.25, 0.3) is 0 Å². The van der Waals surface area contributed by atoms with Crippen LogP contribution in [0.15, 0.2) is 24.3 Å². The van der Waals surface area contributed by atoms with E-state index in [1.807, 2.05) is 0 Å². The van der Waals surface area contributed by atoms with Gasteiger partial charge in [0, 0.05) is 5.56 Å². The van der Waals surface area contributed by atoms with Crippen LogP contribution >= 0.6 is 0 Å². The fourth-order valence-electron chi connectivity index (χ4n) is 2.55. The lowest BCUT2D eigenvalue weighted by molar-refractivity contribution is -0.122. The zero-order chi connectivity index (χ0) is 12.3. The highest BCUT2D eigenvalue weighted by atomic mass is 19.1. The second kappa shape index (κ2) is 5.41. The maximum Gasteiger partial charge on any atom is 0.151 e. The number of ketones is 1. The third-order valence-corrected chi connectivity index (χ3v) is 3.34. The first kappa shape index (κ1) is 12.2. The molecule has 0 aliphatic carbocycles. The smallest absolute Gasteiger partial charge is 0.151 e. The molecule has 0 N–H and O–H groups in total. The lowest BCUT2D eigenvalue weighted by Gasteiger charge is -2.33. The van der Waals surface area contributed by atoms with Crippen molar-refractivity contribution in [3.05, 3.63) is 35.6 Å². The molecule has 1 aromatic rings. The van der Waals surface area contributed by atoms with Crippen molar-refractivity contribution in [1.29, 1.82) is 0 Å². The van der Waals surface area contributed by atoms with E-state index in [-0.39, 0.29) is 11.6 Å². The molecule has 1 aromatic carbocycles. The van der Waals surface area contributed by atoms with Crippen molar-refractivity contribution < 1.29 is 9.18 Å². The fourth-order valence-corrected chi connectivity index (χ4v) is 2.55. The van der Waals surface area contributed by atoms with Gasteiger partial charge < -0.3 is 0 Å². The Morgan fingerprint density at radius 2 is 1.88 bits per heavy atom. The summed E-state index contributed by atoms with van der Waals surface area (Å²) in [6.45, 7) is 3.32. The third kappa shape index (κ3) is 2.72. The van der Waals surface area contributed by atoms with Gasteiger partial charge in [0.2, 0.25) is 0 Å². The van der Waals surface area contributed by atoms with E-state index in [1.54, 1.807) is 25.1 Å². The number of benzene rings is 1. The maximum atomic E-state index is 13.8. The van der Waals surface area contributed by atoms with Gasteiger partial charge in [-0.1, -0.05) is 24.6 Å². The van der Waals surface area contributed by atoms with Gasteiger partial charge in [0.05, 0.1) is 6.04 Å². The second-order valence-corrected chi connectivity index (χ2v) is 4.63. The molecule has 0 aromatic heterocycles. The molecule has 2 nitrogen and oxygen atoms in total. The van der Waals surface area contributed by atoms with Crippen LogP contribution in [0.4, 0.5) is 4.39 Å². The number of carbonyl (C=O) groups is 1. The van der Waals surface area contributed by atoms with Gasteiger partial charge in [-0.2, -0.15) is 0 Å². The highest BCUT2D eigenvalue weighted by molar-refractivity contribution is 5.83. The van der Waals surface area contributed by atoms with Crippen LogP contribution in [0.2, 0.25) is 0 Å². The monoisotopic (exact) mass is 235 g/mol. The number of piperidine rings is 1. The molecule has 0 radical (unpaired) electrons. The molecule has 2 rings (SSSR count). The molecular weight excluding hydrogens is 217 g/mol. The van der Waals surface area contributed by atoms with E-state index in [2.05, 4.69) is 4.90 Å². The van der Waals surface area contributed by atoms with E-state index in [4.69, 9.17) is 0 Å². The Balaban J connectivity index is 2.28. The first-order valence-electron chi connectivity index (χ1n) is 6.19. The first-order chi connectivity index (χ1) is 8.20. The van der Waals surface area contributed by atoms with Crippen LogP contribution in [0, 0.1) is 5.82 Å². The maximum absolute atomic E-state index is 13.8. The zero-order valence-electron chi connectivity index (χ0n) is 10.2. The summed E-state index contributed by atoms with van der Waals surface area (Å²) in [6, 6.07) is 6.19. The van der Waals surface area contributed by atoms with E-state index in [9.17, 15) is 9.18 Å². The molecule has 0 bridgehead atoms. The minimum atomic E-state index is -0.406. The third-order valence-electron chi connectivity index (χ3n) is 3.34. The van der Waals surface area contributed by atoms with Gasteiger partial charge in [0.1, 0.15) is 5.82 Å². The predicted octanol–water partition coefficient (Wildman–Crippen LogP) is 2.94. The van der Waals surface area contributed by atoms with Crippen LogP contribution in [-0.4, -0.2) is 23.8 Å². The number of hydrogen-bond acceptors (Lipinski definition) is 2. The van der Waals surface area contributed by atoms with Gasteiger partial charge in [-0.05, 0) is 38.9 Å². The molecular formula is C14H18FNO. The second-order valence-electron chi connectivity index (χ2n) is 4.63. The SMILES string of the molecule is CC(=O)[C@@H](c1ccccc1F)N1CCCCC1. The zero-order valence-corrected chi connectivity index (χ0v) is 10.2. The molecule has 3 heteroatoms. The molecule has 1 saturated heterocycles.